The Kier molecular flexibility index (Phi) is 4.16. The van der Waals surface area contributed by atoms with E-state index >= 15 is 0 Å². The number of rotatable bonds is 3. The Labute approximate surface area is 84.2 Å². The van der Waals surface area contributed by atoms with Crippen molar-refractivity contribution in [2.45, 2.75) is 25.7 Å². The predicted octanol–water partition coefficient (Wildman–Crippen LogP) is 1.63. The van der Waals surface area contributed by atoms with Gasteiger partial charge >= 0.3 is 6.03 Å². The molecule has 0 spiro atoms. The molecule has 0 aromatic heterocycles. The Morgan fingerprint density at radius 1 is 1.43 bits per heavy atom. The lowest BCUT2D eigenvalue weighted by molar-refractivity contribution is 0.249. The lowest BCUT2D eigenvalue weighted by Gasteiger charge is -2.25. The number of amides is 2. The van der Waals surface area contributed by atoms with Crippen LogP contribution in [0.5, 0.6) is 0 Å². The number of nitrogens with zero attached hydrogens (tertiary/aromatic N) is 1. The van der Waals surface area contributed by atoms with E-state index in [4.69, 9.17) is 5.73 Å². The van der Waals surface area contributed by atoms with E-state index in [-0.39, 0.29) is 0 Å². The molecule has 4 heteroatoms. The second-order valence-corrected chi connectivity index (χ2v) is 3.60. The van der Waals surface area contributed by atoms with Crippen molar-refractivity contribution in [1.82, 2.24) is 5.43 Å². The minimum atomic E-state index is -0.618. The molecule has 1 rings (SSSR count). The molecule has 0 heterocycles. The lowest BCUT2D eigenvalue weighted by atomic mass is 9.80. The quantitative estimate of drug-likeness (QED) is 0.401. The summed E-state index contributed by atoms with van der Waals surface area (Å²) in [7, 11) is 0. The van der Waals surface area contributed by atoms with E-state index in [2.05, 4.69) is 17.1 Å². The van der Waals surface area contributed by atoms with Gasteiger partial charge in [0.15, 0.2) is 0 Å². The van der Waals surface area contributed by atoms with Gasteiger partial charge in [-0.15, -0.1) is 6.58 Å². The zero-order valence-electron chi connectivity index (χ0n) is 8.28. The van der Waals surface area contributed by atoms with Crippen LogP contribution in [0.25, 0.3) is 0 Å². The molecule has 2 unspecified atom stereocenters. The van der Waals surface area contributed by atoms with Crippen molar-refractivity contribution in [1.29, 1.82) is 0 Å². The molecular weight excluding hydrogens is 178 g/mol. The maximum Gasteiger partial charge on any atom is 0.332 e. The zero-order chi connectivity index (χ0) is 10.4. The smallest absolute Gasteiger partial charge is 0.332 e. The largest absolute Gasteiger partial charge is 0.350 e. The van der Waals surface area contributed by atoms with Crippen molar-refractivity contribution in [2.24, 2.45) is 22.7 Å². The lowest BCUT2D eigenvalue weighted by Crippen LogP contribution is -2.26. The molecular formula is C10H17N3O. The molecule has 0 aromatic rings. The molecule has 0 saturated heterocycles. The molecule has 4 nitrogen and oxygen atoms in total. The monoisotopic (exact) mass is 195 g/mol. The Bertz CT molecular complexity index is 238. The number of hydrazone groups is 1. The number of nitrogens with two attached hydrogens (primary N) is 1. The van der Waals surface area contributed by atoms with Crippen LogP contribution >= 0.6 is 0 Å². The van der Waals surface area contributed by atoms with Crippen LogP contribution in [0.15, 0.2) is 17.8 Å². The van der Waals surface area contributed by atoms with E-state index in [1.807, 2.05) is 6.08 Å². The summed E-state index contributed by atoms with van der Waals surface area (Å²) in [4.78, 5) is 10.4. The van der Waals surface area contributed by atoms with Crippen LogP contribution in [0.1, 0.15) is 25.7 Å². The summed E-state index contributed by atoms with van der Waals surface area (Å²) < 4.78 is 0. The third kappa shape index (κ3) is 3.20. The van der Waals surface area contributed by atoms with Gasteiger partial charge in [0.1, 0.15) is 0 Å². The van der Waals surface area contributed by atoms with Crippen LogP contribution in [0.3, 0.4) is 0 Å². The number of allylic oxidation sites excluding steroid dienone is 1. The topological polar surface area (TPSA) is 67.5 Å². The number of urea groups is 1. The molecule has 3 N–H and O–H groups in total. The molecule has 2 amide bonds. The van der Waals surface area contributed by atoms with Crippen molar-refractivity contribution < 1.29 is 4.79 Å². The van der Waals surface area contributed by atoms with E-state index in [0.29, 0.717) is 11.8 Å². The molecule has 0 aliphatic heterocycles. The first-order chi connectivity index (χ1) is 6.74. The van der Waals surface area contributed by atoms with E-state index in [9.17, 15) is 4.79 Å². The van der Waals surface area contributed by atoms with Gasteiger partial charge in [0.25, 0.3) is 0 Å². The van der Waals surface area contributed by atoms with Crippen molar-refractivity contribution in [3.05, 3.63) is 12.7 Å². The highest BCUT2D eigenvalue weighted by Gasteiger charge is 2.20. The van der Waals surface area contributed by atoms with Gasteiger partial charge in [-0.2, -0.15) is 5.10 Å². The van der Waals surface area contributed by atoms with Crippen LogP contribution in [0.2, 0.25) is 0 Å². The first kappa shape index (κ1) is 10.8. The molecule has 0 radical (unpaired) electrons. The SMILES string of the molecule is C=CC1CCCCC1/C=N/NC(N)=O. The number of hydrogen-bond donors (Lipinski definition) is 2. The van der Waals surface area contributed by atoms with E-state index in [1.165, 1.54) is 12.8 Å². The van der Waals surface area contributed by atoms with E-state index in [0.717, 1.165) is 12.8 Å². The van der Waals surface area contributed by atoms with Gasteiger partial charge in [-0.05, 0) is 18.8 Å². The Morgan fingerprint density at radius 2 is 2.07 bits per heavy atom. The minimum Gasteiger partial charge on any atom is -0.350 e. The van der Waals surface area contributed by atoms with Gasteiger partial charge < -0.3 is 5.73 Å². The fraction of sp³-hybridized carbons (Fsp3) is 0.600. The fourth-order valence-electron chi connectivity index (χ4n) is 1.86. The number of carbonyl (C=O) groups is 1. The molecule has 0 aromatic carbocycles. The second kappa shape index (κ2) is 5.42. The maximum atomic E-state index is 10.4. The summed E-state index contributed by atoms with van der Waals surface area (Å²) >= 11 is 0. The van der Waals surface area contributed by atoms with Crippen molar-refractivity contribution in [2.75, 3.05) is 0 Å². The summed E-state index contributed by atoms with van der Waals surface area (Å²) in [5, 5.41) is 3.80. The summed E-state index contributed by atoms with van der Waals surface area (Å²) in [5.41, 5.74) is 7.10. The first-order valence-corrected chi connectivity index (χ1v) is 4.95. The van der Waals surface area contributed by atoms with Gasteiger partial charge in [0.2, 0.25) is 0 Å². The Hall–Kier alpha value is -1.32. The predicted molar refractivity (Wildman–Crippen MR) is 56.9 cm³/mol. The summed E-state index contributed by atoms with van der Waals surface area (Å²) in [6, 6.07) is -0.618. The molecule has 14 heavy (non-hydrogen) atoms. The van der Waals surface area contributed by atoms with Crippen molar-refractivity contribution >= 4 is 12.2 Å². The summed E-state index contributed by atoms with van der Waals surface area (Å²) in [5.74, 6) is 0.885. The number of nitrogens with one attached hydrogen (secondary N) is 1. The third-order valence-electron chi connectivity index (χ3n) is 2.62. The van der Waals surface area contributed by atoms with Crippen molar-refractivity contribution in [3.63, 3.8) is 0 Å². The Morgan fingerprint density at radius 3 is 2.64 bits per heavy atom. The Balaban J connectivity index is 2.43. The molecule has 1 fully saturated rings. The number of carbonyl (C=O) groups excluding carboxylic acids is 1. The van der Waals surface area contributed by atoms with Crippen LogP contribution in [-0.2, 0) is 0 Å². The van der Waals surface area contributed by atoms with Crippen LogP contribution in [-0.4, -0.2) is 12.2 Å². The fourth-order valence-corrected chi connectivity index (χ4v) is 1.86. The highest BCUT2D eigenvalue weighted by molar-refractivity contribution is 5.73. The normalized spacial score (nSPS) is 27.4. The standard InChI is InChI=1S/C10H17N3O/c1-2-8-5-3-4-6-9(8)7-12-13-10(11)14/h2,7-9H,1,3-6H2,(H3,11,13,14)/b12-7+. The van der Waals surface area contributed by atoms with Crippen LogP contribution in [0.4, 0.5) is 4.79 Å². The molecule has 1 aliphatic rings. The molecule has 0 bridgehead atoms. The third-order valence-corrected chi connectivity index (χ3v) is 2.62. The van der Waals surface area contributed by atoms with Crippen molar-refractivity contribution in [3.8, 4) is 0 Å². The zero-order valence-corrected chi connectivity index (χ0v) is 8.28. The molecule has 78 valence electrons. The van der Waals surface area contributed by atoms with Gasteiger partial charge in [-0.25, -0.2) is 10.2 Å². The van der Waals surface area contributed by atoms with Gasteiger partial charge in [-0.1, -0.05) is 18.9 Å². The average Bonchev–Trinajstić information content (AvgIpc) is 2.18. The summed E-state index contributed by atoms with van der Waals surface area (Å²) in [6.45, 7) is 3.80. The number of primary amides is 1. The highest BCUT2D eigenvalue weighted by atomic mass is 16.2. The van der Waals surface area contributed by atoms with E-state index < -0.39 is 6.03 Å². The van der Waals surface area contributed by atoms with Crippen LogP contribution < -0.4 is 11.2 Å². The molecule has 1 aliphatic carbocycles. The van der Waals surface area contributed by atoms with Gasteiger partial charge in [-0.3, -0.25) is 0 Å². The maximum absolute atomic E-state index is 10.4. The minimum absolute atomic E-state index is 0.396. The van der Waals surface area contributed by atoms with E-state index in [1.54, 1.807) is 6.21 Å². The van der Waals surface area contributed by atoms with Crippen LogP contribution in [0, 0.1) is 11.8 Å². The molecule has 2 atom stereocenters. The summed E-state index contributed by atoms with van der Waals surface area (Å²) in [6.07, 6.45) is 8.50. The average molecular weight is 195 g/mol. The van der Waals surface area contributed by atoms with Gasteiger partial charge in [0, 0.05) is 12.1 Å². The molecule has 1 saturated carbocycles. The first-order valence-electron chi connectivity index (χ1n) is 4.95. The van der Waals surface area contributed by atoms with Gasteiger partial charge in [0.05, 0.1) is 0 Å². The highest BCUT2D eigenvalue weighted by Crippen LogP contribution is 2.29. The second-order valence-electron chi connectivity index (χ2n) is 3.60. The number of hydrogen-bond acceptors (Lipinski definition) is 2.